The first-order valence-electron chi connectivity index (χ1n) is 7.61. The zero-order valence-electron chi connectivity index (χ0n) is 12.5. The van der Waals surface area contributed by atoms with Crippen LogP contribution in [0.1, 0.15) is 38.2 Å². The van der Waals surface area contributed by atoms with Crippen molar-refractivity contribution in [3.05, 3.63) is 35.9 Å². The van der Waals surface area contributed by atoms with E-state index in [1.54, 1.807) is 12.1 Å². The molecule has 2 aliphatic rings. The summed E-state index contributed by atoms with van der Waals surface area (Å²) in [6.07, 6.45) is 3.05. The van der Waals surface area contributed by atoms with Gasteiger partial charge in [0.2, 0.25) is 5.91 Å². The summed E-state index contributed by atoms with van der Waals surface area (Å²) in [5, 5.41) is 3.57. The molecular weight excluding hydrogens is 282 g/mol. The highest BCUT2D eigenvalue weighted by Crippen LogP contribution is 2.32. The fourth-order valence-corrected chi connectivity index (χ4v) is 2.91. The van der Waals surface area contributed by atoms with Gasteiger partial charge < -0.3 is 5.32 Å². The average Bonchev–Trinajstić information content (AvgIpc) is 2.71. The molecule has 116 valence electrons. The van der Waals surface area contributed by atoms with Crippen LogP contribution in [0.3, 0.4) is 0 Å². The molecule has 0 aromatic heterocycles. The number of hydrazine groups is 1. The van der Waals surface area contributed by atoms with Gasteiger partial charge in [0.1, 0.15) is 5.54 Å². The van der Waals surface area contributed by atoms with Gasteiger partial charge in [-0.05, 0) is 24.8 Å². The predicted octanol–water partition coefficient (Wildman–Crippen LogP) is 1.68. The third kappa shape index (κ3) is 2.15. The lowest BCUT2D eigenvalue weighted by atomic mass is 9.85. The summed E-state index contributed by atoms with van der Waals surface area (Å²) < 4.78 is 0. The lowest BCUT2D eigenvalue weighted by Crippen LogP contribution is -2.51. The van der Waals surface area contributed by atoms with Crippen molar-refractivity contribution in [1.82, 2.24) is 15.8 Å². The Morgan fingerprint density at radius 3 is 2.55 bits per heavy atom. The molecule has 6 nitrogen and oxygen atoms in total. The minimum atomic E-state index is -1.11. The number of amides is 4. The second kappa shape index (κ2) is 5.44. The molecule has 1 aliphatic heterocycles. The third-order valence-corrected chi connectivity index (χ3v) is 4.59. The van der Waals surface area contributed by atoms with Crippen LogP contribution in [0.4, 0.5) is 4.79 Å². The highest BCUT2D eigenvalue weighted by molar-refractivity contribution is 6.08. The molecule has 6 heteroatoms. The van der Waals surface area contributed by atoms with Crippen molar-refractivity contribution < 1.29 is 14.4 Å². The highest BCUT2D eigenvalue weighted by atomic mass is 16.2. The van der Waals surface area contributed by atoms with Gasteiger partial charge in [0.15, 0.2) is 0 Å². The minimum Gasteiger partial charge on any atom is -0.318 e. The fourth-order valence-electron chi connectivity index (χ4n) is 2.91. The summed E-state index contributed by atoms with van der Waals surface area (Å²) in [6.45, 7) is 1.84. The van der Waals surface area contributed by atoms with E-state index in [0.29, 0.717) is 6.42 Å². The van der Waals surface area contributed by atoms with Gasteiger partial charge in [0, 0.05) is 5.92 Å². The summed E-state index contributed by atoms with van der Waals surface area (Å²) in [5.74, 6) is -0.775. The summed E-state index contributed by atoms with van der Waals surface area (Å²) in [6, 6.07) is 8.52. The van der Waals surface area contributed by atoms with Crippen LogP contribution < -0.4 is 10.7 Å². The Labute approximate surface area is 128 Å². The van der Waals surface area contributed by atoms with E-state index in [1.165, 1.54) is 0 Å². The van der Waals surface area contributed by atoms with E-state index in [4.69, 9.17) is 0 Å². The Hall–Kier alpha value is -2.37. The second-order valence-corrected chi connectivity index (χ2v) is 5.80. The maximum atomic E-state index is 12.8. The van der Waals surface area contributed by atoms with Gasteiger partial charge in [-0.2, -0.15) is 5.01 Å². The van der Waals surface area contributed by atoms with Crippen LogP contribution in [-0.2, 0) is 15.1 Å². The van der Waals surface area contributed by atoms with Gasteiger partial charge in [-0.3, -0.25) is 15.0 Å². The monoisotopic (exact) mass is 301 g/mol. The molecule has 1 aliphatic carbocycles. The van der Waals surface area contributed by atoms with Crippen LogP contribution >= 0.6 is 0 Å². The lowest BCUT2D eigenvalue weighted by molar-refractivity contribution is -0.142. The Bertz CT molecular complexity index is 612. The van der Waals surface area contributed by atoms with Crippen LogP contribution in [0.5, 0.6) is 0 Å². The quantitative estimate of drug-likeness (QED) is 0.830. The van der Waals surface area contributed by atoms with E-state index < -0.39 is 17.5 Å². The first-order valence-corrected chi connectivity index (χ1v) is 7.61. The Kier molecular flexibility index (Phi) is 3.60. The Morgan fingerprint density at radius 2 is 2.00 bits per heavy atom. The summed E-state index contributed by atoms with van der Waals surface area (Å²) >= 11 is 0. The van der Waals surface area contributed by atoms with Gasteiger partial charge in [-0.25, -0.2) is 4.79 Å². The van der Waals surface area contributed by atoms with E-state index >= 15 is 0 Å². The number of carbonyl (C=O) groups excluding carboxylic acids is 3. The van der Waals surface area contributed by atoms with E-state index in [2.05, 4.69) is 10.7 Å². The average molecular weight is 301 g/mol. The molecule has 1 saturated carbocycles. The topological polar surface area (TPSA) is 78.5 Å². The standard InChI is InChI=1S/C16H19N3O3/c1-2-16(12-9-4-3-5-10-12)14(21)19(15(22)17-16)18-13(20)11-7-6-8-11/h3-5,9-11H,2,6-8H2,1H3,(H,17,22)(H,18,20). The molecule has 2 N–H and O–H groups in total. The molecule has 1 unspecified atom stereocenters. The molecule has 4 amide bonds. The largest absolute Gasteiger partial charge is 0.344 e. The van der Waals surface area contributed by atoms with E-state index in [1.807, 2.05) is 25.1 Å². The Morgan fingerprint density at radius 1 is 1.32 bits per heavy atom. The fraction of sp³-hybridized carbons (Fsp3) is 0.438. The number of hydrogen-bond donors (Lipinski definition) is 2. The maximum absolute atomic E-state index is 12.8. The number of nitrogens with zero attached hydrogens (tertiary/aromatic N) is 1. The molecule has 1 aromatic rings. The number of benzene rings is 1. The molecule has 0 bridgehead atoms. The van der Waals surface area contributed by atoms with Crippen molar-refractivity contribution in [1.29, 1.82) is 0 Å². The minimum absolute atomic E-state index is 0.0889. The van der Waals surface area contributed by atoms with E-state index in [0.717, 1.165) is 29.8 Å². The molecular formula is C16H19N3O3. The van der Waals surface area contributed by atoms with Crippen LogP contribution in [0.2, 0.25) is 0 Å². The molecule has 0 spiro atoms. The molecule has 1 aromatic carbocycles. The van der Waals surface area contributed by atoms with Gasteiger partial charge in [0.25, 0.3) is 5.91 Å². The number of nitrogens with one attached hydrogen (secondary N) is 2. The summed E-state index contributed by atoms with van der Waals surface area (Å²) in [7, 11) is 0. The number of imide groups is 1. The molecule has 1 saturated heterocycles. The number of rotatable bonds is 4. The highest BCUT2D eigenvalue weighted by Gasteiger charge is 2.52. The van der Waals surface area contributed by atoms with Crippen molar-refractivity contribution in [2.45, 2.75) is 38.1 Å². The van der Waals surface area contributed by atoms with Crippen LogP contribution in [0.25, 0.3) is 0 Å². The number of carbonyl (C=O) groups is 3. The molecule has 1 heterocycles. The van der Waals surface area contributed by atoms with Crippen LogP contribution in [0, 0.1) is 5.92 Å². The van der Waals surface area contributed by atoms with Gasteiger partial charge >= 0.3 is 6.03 Å². The molecule has 2 fully saturated rings. The molecule has 22 heavy (non-hydrogen) atoms. The lowest BCUT2D eigenvalue weighted by Gasteiger charge is -2.27. The zero-order chi connectivity index (χ0) is 15.7. The second-order valence-electron chi connectivity index (χ2n) is 5.80. The van der Waals surface area contributed by atoms with Crippen molar-refractivity contribution in [2.24, 2.45) is 5.92 Å². The van der Waals surface area contributed by atoms with Gasteiger partial charge in [-0.1, -0.05) is 43.7 Å². The molecule has 1 atom stereocenters. The predicted molar refractivity (Wildman–Crippen MR) is 79.3 cm³/mol. The third-order valence-electron chi connectivity index (χ3n) is 4.59. The molecule has 0 radical (unpaired) electrons. The summed E-state index contributed by atoms with van der Waals surface area (Å²) in [5.41, 5.74) is 2.08. The van der Waals surface area contributed by atoms with Crippen molar-refractivity contribution >= 4 is 17.8 Å². The van der Waals surface area contributed by atoms with Crippen LogP contribution in [0.15, 0.2) is 30.3 Å². The first kappa shape index (κ1) is 14.6. The maximum Gasteiger partial charge on any atom is 0.344 e. The normalized spacial score (nSPS) is 24.9. The van der Waals surface area contributed by atoms with E-state index in [-0.39, 0.29) is 11.8 Å². The van der Waals surface area contributed by atoms with Crippen molar-refractivity contribution in [3.63, 3.8) is 0 Å². The smallest absolute Gasteiger partial charge is 0.318 e. The number of hydrogen-bond acceptors (Lipinski definition) is 3. The van der Waals surface area contributed by atoms with Gasteiger partial charge in [-0.15, -0.1) is 0 Å². The zero-order valence-corrected chi connectivity index (χ0v) is 12.5. The van der Waals surface area contributed by atoms with Gasteiger partial charge in [0.05, 0.1) is 0 Å². The first-order chi connectivity index (χ1) is 10.6. The SMILES string of the molecule is CCC1(c2ccccc2)NC(=O)N(NC(=O)C2CCC2)C1=O. The van der Waals surface area contributed by atoms with Crippen molar-refractivity contribution in [3.8, 4) is 0 Å². The Balaban J connectivity index is 1.84. The van der Waals surface area contributed by atoms with Crippen LogP contribution in [-0.4, -0.2) is 22.9 Å². The summed E-state index contributed by atoms with van der Waals surface area (Å²) in [4.78, 5) is 37.0. The van der Waals surface area contributed by atoms with E-state index in [9.17, 15) is 14.4 Å². The van der Waals surface area contributed by atoms with Crippen molar-refractivity contribution in [2.75, 3.05) is 0 Å². The number of urea groups is 1. The molecule has 3 rings (SSSR count).